The van der Waals surface area contributed by atoms with E-state index in [1.54, 1.807) is 42.5 Å². The van der Waals surface area contributed by atoms with Crippen LogP contribution < -0.4 is 0 Å². The zero-order chi connectivity index (χ0) is 21.7. The van der Waals surface area contributed by atoms with E-state index in [1.165, 1.54) is 12.1 Å². The van der Waals surface area contributed by atoms with E-state index < -0.39 is 10.7 Å². The van der Waals surface area contributed by atoms with Crippen molar-refractivity contribution in [1.82, 2.24) is 9.97 Å². The van der Waals surface area contributed by atoms with Crippen LogP contribution in [0, 0.1) is 35.3 Å². The second-order valence-corrected chi connectivity index (χ2v) is 7.39. The fourth-order valence-electron chi connectivity index (χ4n) is 2.75. The monoisotopic (exact) mass is 416 g/mol. The second-order valence-electron chi connectivity index (χ2n) is 6.38. The summed E-state index contributed by atoms with van der Waals surface area (Å²) >= 11 is 1.09. The molecule has 0 unspecified atom stereocenters. The standard InChI is InChI=1S/C22H16N4O3S/c1-14-10-15(2)25-22(24-14)30-20-9-8-16(12-19(20)26(28)29)11-18(13-23)21(27)17-6-4-3-5-7-17/h3-12H,1-2H3/b18-11-. The first-order valence-electron chi connectivity index (χ1n) is 8.87. The molecule has 7 nitrogen and oxygen atoms in total. The summed E-state index contributed by atoms with van der Waals surface area (Å²) in [7, 11) is 0. The SMILES string of the molecule is Cc1cc(C)nc(Sc2ccc(/C=C(/C#N)C(=O)c3ccccc3)cc2[N+](=O)[O-])n1. The summed E-state index contributed by atoms with van der Waals surface area (Å²) in [4.78, 5) is 32.6. The van der Waals surface area contributed by atoms with Gasteiger partial charge in [0.25, 0.3) is 5.69 Å². The van der Waals surface area contributed by atoms with Crippen LogP contribution in [0.5, 0.6) is 0 Å². The Morgan fingerprint density at radius 3 is 2.37 bits per heavy atom. The lowest BCUT2D eigenvalue weighted by Crippen LogP contribution is -2.01. The Morgan fingerprint density at radius 2 is 1.77 bits per heavy atom. The minimum absolute atomic E-state index is 0.103. The Kier molecular flexibility index (Phi) is 6.35. The number of aromatic nitrogens is 2. The molecule has 0 bridgehead atoms. The lowest BCUT2D eigenvalue weighted by molar-refractivity contribution is -0.387. The van der Waals surface area contributed by atoms with E-state index in [0.717, 1.165) is 23.1 Å². The van der Waals surface area contributed by atoms with Gasteiger partial charge in [0.05, 0.1) is 9.82 Å². The smallest absolute Gasteiger partial charge is 0.283 e. The van der Waals surface area contributed by atoms with Crippen molar-refractivity contribution < 1.29 is 9.72 Å². The Labute approximate surface area is 177 Å². The molecule has 0 saturated carbocycles. The minimum atomic E-state index is -0.507. The molecule has 8 heteroatoms. The van der Waals surface area contributed by atoms with Crippen LogP contribution >= 0.6 is 11.8 Å². The van der Waals surface area contributed by atoms with Crippen molar-refractivity contribution in [2.75, 3.05) is 0 Å². The van der Waals surface area contributed by atoms with Crippen molar-refractivity contribution in [3.8, 4) is 6.07 Å². The summed E-state index contributed by atoms with van der Waals surface area (Å²) in [5.41, 5.74) is 2.04. The molecule has 0 aliphatic rings. The van der Waals surface area contributed by atoms with E-state index >= 15 is 0 Å². The van der Waals surface area contributed by atoms with Gasteiger partial charge < -0.3 is 0 Å². The number of allylic oxidation sites excluding steroid dienone is 1. The van der Waals surface area contributed by atoms with Gasteiger partial charge in [-0.05, 0) is 49.4 Å². The number of rotatable bonds is 6. The van der Waals surface area contributed by atoms with Crippen molar-refractivity contribution in [3.63, 3.8) is 0 Å². The van der Waals surface area contributed by atoms with Gasteiger partial charge in [0, 0.05) is 23.0 Å². The number of carbonyl (C=O) groups is 1. The number of nitrogens with zero attached hydrogens (tertiary/aromatic N) is 4. The van der Waals surface area contributed by atoms with Gasteiger partial charge in [-0.2, -0.15) is 5.26 Å². The number of nitriles is 1. The van der Waals surface area contributed by atoms with Crippen LogP contribution in [0.2, 0.25) is 0 Å². The van der Waals surface area contributed by atoms with Crippen LogP contribution in [-0.4, -0.2) is 20.7 Å². The largest absolute Gasteiger partial charge is 0.288 e. The zero-order valence-corrected chi connectivity index (χ0v) is 17.0. The summed E-state index contributed by atoms with van der Waals surface area (Å²) in [5.74, 6) is -0.442. The van der Waals surface area contributed by atoms with Crippen LogP contribution in [0.3, 0.4) is 0 Å². The molecular weight excluding hydrogens is 400 g/mol. The van der Waals surface area contributed by atoms with Crippen molar-refractivity contribution in [1.29, 1.82) is 5.26 Å². The van der Waals surface area contributed by atoms with Gasteiger partial charge in [0.2, 0.25) is 5.78 Å². The third kappa shape index (κ3) is 4.96. The average molecular weight is 416 g/mol. The number of nitro groups is 1. The Hall–Kier alpha value is -3.83. The third-order valence-electron chi connectivity index (χ3n) is 4.05. The Balaban J connectivity index is 1.96. The average Bonchev–Trinajstić information content (AvgIpc) is 2.72. The van der Waals surface area contributed by atoms with E-state index in [0.29, 0.717) is 21.2 Å². The summed E-state index contributed by atoms with van der Waals surface area (Å²) < 4.78 is 0. The molecule has 1 aromatic heterocycles. The van der Waals surface area contributed by atoms with Crippen LogP contribution in [0.25, 0.3) is 6.08 Å². The van der Waals surface area contributed by atoms with E-state index in [9.17, 15) is 20.2 Å². The zero-order valence-electron chi connectivity index (χ0n) is 16.2. The molecule has 0 spiro atoms. The molecule has 0 aliphatic carbocycles. The first-order valence-corrected chi connectivity index (χ1v) is 9.69. The predicted molar refractivity (Wildman–Crippen MR) is 113 cm³/mol. The fraction of sp³-hybridized carbons (Fsp3) is 0.0909. The van der Waals surface area contributed by atoms with Gasteiger partial charge in [0.15, 0.2) is 5.16 Å². The number of ketones is 1. The lowest BCUT2D eigenvalue weighted by atomic mass is 10.0. The number of Topliss-reactive ketones (excluding diaryl/α,β-unsaturated/α-hetero) is 1. The van der Waals surface area contributed by atoms with Gasteiger partial charge >= 0.3 is 0 Å². The first-order chi connectivity index (χ1) is 14.4. The molecule has 2 aromatic carbocycles. The molecule has 0 fully saturated rings. The van der Waals surface area contributed by atoms with Crippen molar-refractivity contribution in [2.45, 2.75) is 23.9 Å². The van der Waals surface area contributed by atoms with Crippen molar-refractivity contribution in [2.24, 2.45) is 0 Å². The summed E-state index contributed by atoms with van der Waals surface area (Å²) in [5, 5.41) is 21.4. The maximum atomic E-state index is 12.5. The Bertz CT molecular complexity index is 1180. The molecule has 3 aromatic rings. The van der Waals surface area contributed by atoms with Crippen LogP contribution in [0.1, 0.15) is 27.3 Å². The first kappa shape index (κ1) is 20.9. The van der Waals surface area contributed by atoms with Gasteiger partial charge in [-0.25, -0.2) is 9.97 Å². The molecule has 0 amide bonds. The second kappa shape index (κ2) is 9.11. The number of hydrogen-bond donors (Lipinski definition) is 0. The number of nitro benzene ring substituents is 1. The maximum Gasteiger partial charge on any atom is 0.283 e. The molecule has 0 saturated heterocycles. The molecule has 0 aliphatic heterocycles. The molecule has 3 rings (SSSR count). The molecule has 1 heterocycles. The molecule has 0 N–H and O–H groups in total. The van der Waals surface area contributed by atoms with E-state index in [1.807, 2.05) is 26.0 Å². The number of aryl methyl sites for hydroxylation is 2. The highest BCUT2D eigenvalue weighted by molar-refractivity contribution is 7.99. The third-order valence-corrected chi connectivity index (χ3v) is 4.99. The molecule has 0 radical (unpaired) electrons. The van der Waals surface area contributed by atoms with Gasteiger partial charge in [-0.15, -0.1) is 0 Å². The van der Waals surface area contributed by atoms with Crippen molar-refractivity contribution in [3.05, 3.63) is 92.8 Å². The van der Waals surface area contributed by atoms with Crippen molar-refractivity contribution >= 4 is 29.3 Å². The fourth-order valence-corrected chi connectivity index (χ4v) is 3.70. The highest BCUT2D eigenvalue weighted by Crippen LogP contribution is 2.34. The van der Waals surface area contributed by atoms with E-state index in [2.05, 4.69) is 9.97 Å². The van der Waals surface area contributed by atoms with Gasteiger partial charge in [-0.1, -0.05) is 36.4 Å². The topological polar surface area (TPSA) is 110 Å². The quantitative estimate of drug-likeness (QED) is 0.140. The lowest BCUT2D eigenvalue weighted by Gasteiger charge is -2.05. The molecule has 0 atom stereocenters. The minimum Gasteiger partial charge on any atom is -0.288 e. The van der Waals surface area contributed by atoms with Crippen LogP contribution in [0.4, 0.5) is 5.69 Å². The van der Waals surface area contributed by atoms with Gasteiger partial charge in [-0.3, -0.25) is 14.9 Å². The number of hydrogen-bond acceptors (Lipinski definition) is 7. The summed E-state index contributed by atoms with van der Waals surface area (Å²) in [6.45, 7) is 3.66. The van der Waals surface area contributed by atoms with E-state index in [4.69, 9.17) is 0 Å². The molecule has 148 valence electrons. The number of benzene rings is 2. The van der Waals surface area contributed by atoms with Crippen LogP contribution in [0.15, 0.2) is 70.2 Å². The van der Waals surface area contributed by atoms with E-state index in [-0.39, 0.29) is 11.3 Å². The normalized spacial score (nSPS) is 11.0. The molecular formula is C22H16N4O3S. The molecule has 30 heavy (non-hydrogen) atoms. The van der Waals surface area contributed by atoms with Gasteiger partial charge in [0.1, 0.15) is 11.6 Å². The highest BCUT2D eigenvalue weighted by atomic mass is 32.2. The summed E-state index contributed by atoms with van der Waals surface area (Å²) in [6, 6.07) is 16.6. The Morgan fingerprint density at radius 1 is 1.10 bits per heavy atom. The number of carbonyl (C=O) groups excluding carboxylic acids is 1. The summed E-state index contributed by atoms with van der Waals surface area (Å²) in [6.07, 6.45) is 1.35. The predicted octanol–water partition coefficient (Wildman–Crippen LogP) is 4.94. The van der Waals surface area contributed by atoms with Crippen LogP contribution in [-0.2, 0) is 0 Å². The maximum absolute atomic E-state index is 12.5. The highest BCUT2D eigenvalue weighted by Gasteiger charge is 2.18.